The van der Waals surface area contributed by atoms with E-state index in [1.807, 2.05) is 0 Å². The molecule has 0 aliphatic rings. The molecule has 0 saturated carbocycles. The normalized spacial score (nSPS) is 19.5. The van der Waals surface area contributed by atoms with Gasteiger partial charge in [0.1, 0.15) is 5.82 Å². The molecule has 7 nitrogen and oxygen atoms in total. The van der Waals surface area contributed by atoms with E-state index in [2.05, 4.69) is 19.9 Å². The summed E-state index contributed by atoms with van der Waals surface area (Å²) in [5.41, 5.74) is -9.65. The van der Waals surface area contributed by atoms with Crippen LogP contribution in [0.15, 0.2) is 188 Å². The van der Waals surface area contributed by atoms with Crippen LogP contribution >= 0.6 is 0 Å². The lowest BCUT2D eigenvalue weighted by molar-refractivity contribution is 1.04. The van der Waals surface area contributed by atoms with Crippen molar-refractivity contribution in [3.05, 3.63) is 188 Å². The van der Waals surface area contributed by atoms with Gasteiger partial charge in [-0.2, -0.15) is 0 Å². The summed E-state index contributed by atoms with van der Waals surface area (Å²) < 4.78 is 286. The third-order valence-corrected chi connectivity index (χ3v) is 9.14. The first-order valence-electron chi connectivity index (χ1n) is 32.1. The highest BCUT2D eigenvalue weighted by Gasteiger charge is 2.24. The van der Waals surface area contributed by atoms with Crippen LogP contribution in [0.2, 0.25) is 0 Å². The molecular formula is C50H31N7. The first kappa shape index (κ1) is 13.7. The highest BCUT2D eigenvalue weighted by Crippen LogP contribution is 2.42. The molecule has 7 heteroatoms. The fraction of sp³-hybridized carbons (Fsp3) is 0. The molecule has 0 spiro atoms. The second kappa shape index (κ2) is 12.3. The number of fused-ring (bicyclic) bond motifs is 9. The van der Waals surface area contributed by atoms with Crippen molar-refractivity contribution in [2.75, 3.05) is 0 Å². The van der Waals surface area contributed by atoms with Crippen LogP contribution in [-0.4, -0.2) is 33.6 Å². The van der Waals surface area contributed by atoms with Crippen molar-refractivity contribution in [1.82, 2.24) is 33.6 Å². The zero-order valence-electron chi connectivity index (χ0n) is 59.1. The molecule has 6 aromatic heterocycles. The smallest absolute Gasteiger partial charge is 0.162 e. The van der Waals surface area contributed by atoms with Crippen LogP contribution in [0, 0.1) is 0 Å². The molecule has 0 N–H and O–H groups in total. The van der Waals surface area contributed by atoms with Crippen molar-refractivity contribution in [3.8, 4) is 39.8 Å². The van der Waals surface area contributed by atoms with E-state index in [0.29, 0.717) is 13.7 Å². The molecule has 0 aliphatic carbocycles. The Morgan fingerprint density at radius 1 is 0.404 bits per heavy atom. The summed E-state index contributed by atoms with van der Waals surface area (Å²) in [7, 11) is 0. The maximum atomic E-state index is 10.4. The molecule has 12 aromatic rings. The van der Waals surface area contributed by atoms with E-state index < -0.39 is 293 Å². The fourth-order valence-electron chi connectivity index (χ4n) is 6.89. The van der Waals surface area contributed by atoms with Crippen LogP contribution in [0.1, 0.15) is 42.5 Å². The largest absolute Gasteiger partial charge is 0.306 e. The number of aromatic nitrogens is 7. The number of hydrogen-bond donors (Lipinski definition) is 0. The Balaban J connectivity index is 1.46. The fourth-order valence-corrected chi connectivity index (χ4v) is 6.89. The minimum Gasteiger partial charge on any atom is -0.306 e. The molecule has 6 aromatic carbocycles. The maximum Gasteiger partial charge on any atom is 0.162 e. The predicted molar refractivity (Wildman–Crippen MR) is 232 cm³/mol. The Hall–Kier alpha value is -7.90. The second-order valence-corrected chi connectivity index (χ2v) is 12.1. The molecule has 0 fully saturated rings. The molecule has 0 aliphatic heterocycles. The molecule has 0 radical (unpaired) electrons. The standard InChI is InChI=1S/C50H31N7/c1-2-13-32(14-3-1)50-53-40(29-48(54-50)56-42-21-9-5-15-33(42)34-16-6-10-22-43(34)56)39-19-12-24-45(55-41-20-8-4-17-35(41)37-25-27-51-30-46(37)55)49(39)57-44-23-11-7-18-36(44)38-26-28-52-31-47(38)57/h1-31H/i1D,2D,3D,4D,5D,6D,7D,8D,9D,10D,11D,12D,13D,14D,15D,16D,17D,18D,19D,20D,21D,22D,23D,24D,25D,26D,27D,28D,29D,30D,31D. The molecule has 0 bridgehead atoms. The minimum atomic E-state index is -1.25. The molecule has 0 saturated heterocycles. The summed E-state index contributed by atoms with van der Waals surface area (Å²) in [6, 6.07) is -27.1. The Morgan fingerprint density at radius 2 is 0.895 bits per heavy atom. The van der Waals surface area contributed by atoms with Gasteiger partial charge in [0.15, 0.2) is 5.82 Å². The lowest BCUT2D eigenvalue weighted by atomic mass is 10.1. The van der Waals surface area contributed by atoms with E-state index in [1.54, 1.807) is 0 Å². The van der Waals surface area contributed by atoms with E-state index >= 15 is 0 Å². The van der Waals surface area contributed by atoms with Gasteiger partial charge in [0.2, 0.25) is 0 Å². The van der Waals surface area contributed by atoms with Crippen molar-refractivity contribution in [1.29, 1.82) is 0 Å². The average Bonchev–Trinajstić information content (AvgIpc) is 1.50. The van der Waals surface area contributed by atoms with E-state index in [9.17, 15) is 20.6 Å². The first-order valence-corrected chi connectivity index (χ1v) is 16.6. The van der Waals surface area contributed by atoms with E-state index in [4.69, 9.17) is 21.9 Å². The topological polar surface area (TPSA) is 66.3 Å². The number of nitrogens with zero attached hydrogens (tertiary/aromatic N) is 7. The lowest BCUT2D eigenvalue weighted by Crippen LogP contribution is -2.08. The summed E-state index contributed by atoms with van der Waals surface area (Å²) in [4.78, 5) is 16.9. The number of para-hydroxylation sites is 5. The summed E-state index contributed by atoms with van der Waals surface area (Å²) in [5.74, 6) is -2.09. The Kier molecular flexibility index (Phi) is 2.96. The quantitative estimate of drug-likeness (QED) is 0.175. The van der Waals surface area contributed by atoms with Crippen LogP contribution in [0.4, 0.5) is 0 Å². The maximum absolute atomic E-state index is 10.4. The number of benzene rings is 6. The van der Waals surface area contributed by atoms with E-state index in [1.165, 1.54) is 0 Å². The Bertz CT molecular complexity index is 5250. The van der Waals surface area contributed by atoms with Crippen molar-refractivity contribution in [3.63, 3.8) is 0 Å². The third kappa shape index (κ3) is 4.66. The van der Waals surface area contributed by atoms with Gasteiger partial charge in [-0.25, -0.2) is 9.97 Å². The highest BCUT2D eigenvalue weighted by molar-refractivity contribution is 6.12. The summed E-state index contributed by atoms with van der Waals surface area (Å²) in [5, 5.41) is -3.69. The summed E-state index contributed by atoms with van der Waals surface area (Å²) >= 11 is 0. The Labute approximate surface area is 369 Å². The first-order chi connectivity index (χ1) is 41.2. The molecule has 0 unspecified atom stereocenters. The van der Waals surface area contributed by atoms with Crippen LogP contribution < -0.4 is 0 Å². The van der Waals surface area contributed by atoms with E-state index in [-0.39, 0.29) is 0 Å². The predicted octanol–water partition coefficient (Wildman–Crippen LogP) is 11.9. The van der Waals surface area contributed by atoms with Gasteiger partial charge < -0.3 is 9.13 Å². The molecule has 12 rings (SSSR count). The Morgan fingerprint density at radius 3 is 1.49 bits per heavy atom. The number of hydrogen-bond acceptors (Lipinski definition) is 4. The molecule has 266 valence electrons. The van der Waals surface area contributed by atoms with Crippen molar-refractivity contribution in [2.24, 2.45) is 0 Å². The lowest BCUT2D eigenvalue weighted by Gasteiger charge is -2.21. The van der Waals surface area contributed by atoms with Crippen LogP contribution in [0.25, 0.3) is 105 Å². The SMILES string of the molecule is [2H]c1nc([2H])c2c(c1[2H])c1c([2H])c([2H])c([2H])c([2H])c1n2-c1c([2H])c([2H])c([2H])c(-c2nc(-c3c([2H])c([2H])c([2H])c([2H])c3[2H])nc(-n3c4c([2H])c([2H])c([2H])c([2H])c4c4c([2H])c([2H])c([2H])c([2H])c43)c2[2H])c1-n1c2c([2H])nc([2H])c([2H])c2c2c([2H])c([2H])c([2H])c([2H])c21. The van der Waals surface area contributed by atoms with Crippen LogP contribution in [-0.2, 0) is 0 Å². The van der Waals surface area contributed by atoms with Crippen molar-refractivity contribution >= 4 is 65.4 Å². The summed E-state index contributed by atoms with van der Waals surface area (Å²) in [6.45, 7) is 0. The van der Waals surface area contributed by atoms with E-state index in [0.717, 1.165) is 0 Å². The van der Waals surface area contributed by atoms with Gasteiger partial charge in [0.05, 0.1) is 105 Å². The van der Waals surface area contributed by atoms with Crippen LogP contribution in [0.5, 0.6) is 0 Å². The van der Waals surface area contributed by atoms with Crippen LogP contribution in [0.3, 0.4) is 0 Å². The van der Waals surface area contributed by atoms with Gasteiger partial charge in [-0.1, -0.05) is 115 Å². The van der Waals surface area contributed by atoms with Gasteiger partial charge in [-0.15, -0.1) is 0 Å². The highest BCUT2D eigenvalue weighted by atomic mass is 15.1. The number of pyridine rings is 2. The zero-order valence-corrected chi connectivity index (χ0v) is 28.1. The monoisotopic (exact) mass is 760 g/mol. The molecule has 0 amide bonds. The van der Waals surface area contributed by atoms with Gasteiger partial charge in [-0.3, -0.25) is 14.5 Å². The summed E-state index contributed by atoms with van der Waals surface area (Å²) in [6.07, 6.45) is -3.88. The molecular weight excluding hydrogens is 699 g/mol. The van der Waals surface area contributed by atoms with Gasteiger partial charge in [-0.05, 0) is 42.3 Å². The van der Waals surface area contributed by atoms with Gasteiger partial charge >= 0.3 is 0 Å². The third-order valence-electron chi connectivity index (χ3n) is 9.14. The molecule has 6 heterocycles. The molecule has 0 atom stereocenters. The van der Waals surface area contributed by atoms with Crippen molar-refractivity contribution in [2.45, 2.75) is 0 Å². The second-order valence-electron chi connectivity index (χ2n) is 12.1. The number of rotatable bonds is 5. The average molecular weight is 761 g/mol. The van der Waals surface area contributed by atoms with Gasteiger partial charge in [0.25, 0.3) is 0 Å². The minimum absolute atomic E-state index is 0.594. The van der Waals surface area contributed by atoms with Crippen molar-refractivity contribution < 1.29 is 42.5 Å². The van der Waals surface area contributed by atoms with Gasteiger partial charge in [0, 0.05) is 61.8 Å². The zero-order chi connectivity index (χ0) is 64.4. The molecule has 57 heavy (non-hydrogen) atoms.